The van der Waals surface area contributed by atoms with E-state index in [0.29, 0.717) is 11.5 Å². The van der Waals surface area contributed by atoms with Crippen LogP contribution in [0.5, 0.6) is 11.5 Å². The number of nitrogens with zero attached hydrogens (tertiary/aromatic N) is 5. The number of likely N-dealkylation sites (N-methyl/N-ethyl adjacent to an activating group) is 1. The maximum absolute atomic E-state index is 12.9. The third-order valence-electron chi connectivity index (χ3n) is 5.11. The van der Waals surface area contributed by atoms with E-state index in [1.807, 2.05) is 0 Å². The van der Waals surface area contributed by atoms with Gasteiger partial charge in [-0.05, 0) is 31.4 Å². The minimum atomic E-state index is -3.73. The number of rotatable bonds is 8. The Balaban J connectivity index is 1.64. The SMILES string of the molecule is COc1ccc(S(=O)(=O)N(C)CCn2cc(C(=O)N3CCCCC3)nn2)cc1OC. The molecule has 10 nitrogen and oxygen atoms in total. The molecule has 1 aromatic heterocycles. The molecule has 2 aromatic rings. The second-order valence-corrected chi connectivity index (χ2v) is 9.11. The molecule has 1 aromatic carbocycles. The monoisotopic (exact) mass is 437 g/mol. The van der Waals surface area contributed by atoms with Crippen LogP contribution in [0.15, 0.2) is 29.3 Å². The molecule has 0 bridgehead atoms. The molecule has 1 amide bonds. The highest BCUT2D eigenvalue weighted by molar-refractivity contribution is 7.89. The van der Waals surface area contributed by atoms with Crippen LogP contribution in [0.3, 0.4) is 0 Å². The van der Waals surface area contributed by atoms with Crippen molar-refractivity contribution >= 4 is 15.9 Å². The Morgan fingerprint density at radius 2 is 1.83 bits per heavy atom. The predicted molar refractivity (Wildman–Crippen MR) is 109 cm³/mol. The molecule has 0 saturated carbocycles. The first-order valence-corrected chi connectivity index (χ1v) is 11.2. The molecule has 30 heavy (non-hydrogen) atoms. The summed E-state index contributed by atoms with van der Waals surface area (Å²) in [5.41, 5.74) is 0.280. The first-order chi connectivity index (χ1) is 14.4. The lowest BCUT2D eigenvalue weighted by atomic mass is 10.1. The summed E-state index contributed by atoms with van der Waals surface area (Å²) in [7, 11) is 0.693. The number of benzene rings is 1. The largest absolute Gasteiger partial charge is 0.493 e. The van der Waals surface area contributed by atoms with Gasteiger partial charge in [0.1, 0.15) is 0 Å². The van der Waals surface area contributed by atoms with Crippen LogP contribution in [0, 0.1) is 0 Å². The van der Waals surface area contributed by atoms with Crippen LogP contribution in [0.1, 0.15) is 29.8 Å². The number of hydrogen-bond acceptors (Lipinski definition) is 7. The Morgan fingerprint density at radius 3 is 2.50 bits per heavy atom. The fourth-order valence-corrected chi connectivity index (χ4v) is 4.46. The van der Waals surface area contributed by atoms with Crippen molar-refractivity contribution in [1.82, 2.24) is 24.2 Å². The zero-order chi connectivity index (χ0) is 21.7. The Labute approximate surface area is 176 Å². The van der Waals surface area contributed by atoms with Gasteiger partial charge in [0.15, 0.2) is 17.2 Å². The Hall–Kier alpha value is -2.66. The number of piperidine rings is 1. The third kappa shape index (κ3) is 4.73. The standard InChI is InChI=1S/C19H27N5O5S/c1-22(30(26,27)15-7-8-17(28-2)18(13-15)29-3)11-12-24-14-16(20-21-24)19(25)23-9-5-4-6-10-23/h7-8,13-14H,4-6,9-12H2,1-3H3. The van der Waals surface area contributed by atoms with E-state index in [0.717, 1.165) is 32.4 Å². The molecule has 1 aliphatic rings. The number of hydrogen-bond donors (Lipinski definition) is 0. The molecule has 164 valence electrons. The quantitative estimate of drug-likeness (QED) is 0.612. The van der Waals surface area contributed by atoms with Gasteiger partial charge in [-0.3, -0.25) is 9.48 Å². The molecular weight excluding hydrogens is 410 g/mol. The van der Waals surface area contributed by atoms with Gasteiger partial charge in [0.2, 0.25) is 10.0 Å². The highest BCUT2D eigenvalue weighted by Crippen LogP contribution is 2.30. The van der Waals surface area contributed by atoms with E-state index in [9.17, 15) is 13.2 Å². The van der Waals surface area contributed by atoms with Crippen LogP contribution in [-0.4, -0.2) is 79.4 Å². The van der Waals surface area contributed by atoms with E-state index < -0.39 is 10.0 Å². The Kier molecular flexibility index (Phi) is 6.93. The highest BCUT2D eigenvalue weighted by Gasteiger charge is 2.24. The number of sulfonamides is 1. The number of carbonyl (C=O) groups excluding carboxylic acids is 1. The fraction of sp³-hybridized carbons (Fsp3) is 0.526. The molecule has 1 saturated heterocycles. The Bertz CT molecular complexity index is 985. The van der Waals surface area contributed by atoms with Crippen LogP contribution in [0.4, 0.5) is 0 Å². The fourth-order valence-electron chi connectivity index (χ4n) is 3.29. The van der Waals surface area contributed by atoms with Gasteiger partial charge in [-0.1, -0.05) is 5.21 Å². The first kappa shape index (κ1) is 22.0. The zero-order valence-corrected chi connectivity index (χ0v) is 18.3. The molecule has 0 N–H and O–H groups in total. The lowest BCUT2D eigenvalue weighted by molar-refractivity contribution is 0.0718. The van der Waals surface area contributed by atoms with E-state index in [1.54, 1.807) is 17.2 Å². The minimum Gasteiger partial charge on any atom is -0.493 e. The Morgan fingerprint density at radius 1 is 1.13 bits per heavy atom. The molecule has 1 fully saturated rings. The van der Waals surface area contributed by atoms with Gasteiger partial charge in [0.05, 0.1) is 31.9 Å². The van der Waals surface area contributed by atoms with Crippen LogP contribution in [-0.2, 0) is 16.6 Å². The summed E-state index contributed by atoms with van der Waals surface area (Å²) in [6.07, 6.45) is 4.70. The molecule has 1 aliphatic heterocycles. The molecule has 0 aliphatic carbocycles. The van der Waals surface area contributed by atoms with Crippen LogP contribution in [0.2, 0.25) is 0 Å². The van der Waals surface area contributed by atoms with Crippen LogP contribution < -0.4 is 9.47 Å². The summed E-state index contributed by atoms with van der Waals surface area (Å²) < 4.78 is 38.8. The van der Waals surface area contributed by atoms with Gasteiger partial charge in [-0.15, -0.1) is 5.10 Å². The number of aromatic nitrogens is 3. The molecule has 0 spiro atoms. The molecule has 11 heteroatoms. The number of methoxy groups -OCH3 is 2. The van der Waals surface area contributed by atoms with Gasteiger partial charge < -0.3 is 14.4 Å². The van der Waals surface area contributed by atoms with Crippen molar-refractivity contribution in [3.63, 3.8) is 0 Å². The van der Waals surface area contributed by atoms with E-state index in [-0.39, 0.29) is 29.6 Å². The topological polar surface area (TPSA) is 107 Å². The summed E-state index contributed by atoms with van der Waals surface area (Å²) in [6.45, 7) is 1.90. The van der Waals surface area contributed by atoms with E-state index in [2.05, 4.69) is 10.3 Å². The van der Waals surface area contributed by atoms with E-state index in [4.69, 9.17) is 9.47 Å². The number of likely N-dealkylation sites (tertiary alicyclic amines) is 1. The maximum Gasteiger partial charge on any atom is 0.276 e. The molecule has 0 atom stereocenters. The number of carbonyl (C=O) groups is 1. The normalized spacial score (nSPS) is 14.7. The van der Waals surface area contributed by atoms with E-state index >= 15 is 0 Å². The predicted octanol–water partition coefficient (Wildman–Crippen LogP) is 1.24. The van der Waals surface area contributed by atoms with Crippen LogP contribution in [0.25, 0.3) is 0 Å². The van der Waals surface area contributed by atoms with Crippen molar-refractivity contribution in [2.45, 2.75) is 30.7 Å². The summed E-state index contributed by atoms with van der Waals surface area (Å²) >= 11 is 0. The smallest absolute Gasteiger partial charge is 0.276 e. The molecule has 2 heterocycles. The first-order valence-electron chi connectivity index (χ1n) is 9.74. The van der Waals surface area contributed by atoms with E-state index in [1.165, 1.54) is 42.4 Å². The van der Waals surface area contributed by atoms with Crippen molar-refractivity contribution in [2.24, 2.45) is 0 Å². The number of ether oxygens (including phenoxy) is 2. The lowest BCUT2D eigenvalue weighted by Crippen LogP contribution is -2.35. The van der Waals surface area contributed by atoms with Gasteiger partial charge >= 0.3 is 0 Å². The number of amides is 1. The third-order valence-corrected chi connectivity index (χ3v) is 6.96. The molecule has 0 radical (unpaired) electrons. The average molecular weight is 438 g/mol. The van der Waals surface area contributed by atoms with Gasteiger partial charge in [-0.2, -0.15) is 4.31 Å². The van der Waals surface area contributed by atoms with Crippen molar-refractivity contribution in [3.05, 3.63) is 30.1 Å². The van der Waals surface area contributed by atoms with Crippen molar-refractivity contribution in [3.8, 4) is 11.5 Å². The van der Waals surface area contributed by atoms with Crippen molar-refractivity contribution in [1.29, 1.82) is 0 Å². The van der Waals surface area contributed by atoms with Gasteiger partial charge in [-0.25, -0.2) is 8.42 Å². The molecule has 0 unspecified atom stereocenters. The van der Waals surface area contributed by atoms with Crippen molar-refractivity contribution in [2.75, 3.05) is 40.9 Å². The lowest BCUT2D eigenvalue weighted by Gasteiger charge is -2.25. The van der Waals surface area contributed by atoms with Gasteiger partial charge in [0.25, 0.3) is 5.91 Å². The van der Waals surface area contributed by atoms with Crippen molar-refractivity contribution < 1.29 is 22.7 Å². The molecule has 3 rings (SSSR count). The second-order valence-electron chi connectivity index (χ2n) is 7.06. The van der Waals surface area contributed by atoms with Gasteiger partial charge in [0, 0.05) is 32.7 Å². The summed E-state index contributed by atoms with van der Waals surface area (Å²) in [5.74, 6) is 0.656. The summed E-state index contributed by atoms with van der Waals surface area (Å²) in [5, 5.41) is 7.92. The summed E-state index contributed by atoms with van der Waals surface area (Å²) in [6, 6.07) is 4.45. The average Bonchev–Trinajstić information content (AvgIpc) is 3.25. The maximum atomic E-state index is 12.9. The summed E-state index contributed by atoms with van der Waals surface area (Å²) in [4.78, 5) is 14.4. The minimum absolute atomic E-state index is 0.0993. The molecular formula is C19H27N5O5S. The van der Waals surface area contributed by atoms with Crippen LogP contribution >= 0.6 is 0 Å². The zero-order valence-electron chi connectivity index (χ0n) is 17.4. The second kappa shape index (κ2) is 9.43. The highest BCUT2D eigenvalue weighted by atomic mass is 32.2.